The number of anilines is 3. The Morgan fingerprint density at radius 3 is 2.07 bits per heavy atom. The zero-order valence-electron chi connectivity index (χ0n) is 15.7. The van der Waals surface area contributed by atoms with Crippen LogP contribution in [0.5, 0.6) is 11.5 Å². The minimum Gasteiger partial charge on any atom is -0.493 e. The van der Waals surface area contributed by atoms with Crippen molar-refractivity contribution >= 4 is 34.6 Å². The van der Waals surface area contributed by atoms with E-state index in [1.54, 1.807) is 26.4 Å². The van der Waals surface area contributed by atoms with E-state index in [9.17, 15) is 4.79 Å². The molecule has 144 valence electrons. The van der Waals surface area contributed by atoms with Crippen LogP contribution < -0.4 is 20.1 Å². The first-order chi connectivity index (χ1) is 13.6. The van der Waals surface area contributed by atoms with Crippen molar-refractivity contribution in [3.05, 3.63) is 77.3 Å². The number of ether oxygens (including phenoxy) is 2. The number of amides is 1. The first-order valence-electron chi connectivity index (χ1n) is 8.71. The van der Waals surface area contributed by atoms with E-state index in [4.69, 9.17) is 21.1 Å². The summed E-state index contributed by atoms with van der Waals surface area (Å²) in [6.45, 7) is 0. The molecule has 5 nitrogen and oxygen atoms in total. The van der Waals surface area contributed by atoms with Gasteiger partial charge >= 0.3 is 0 Å². The SMILES string of the molecule is COc1ccc(Nc2ccc(NC(=O)Cc3ccc(Cl)cc3)cc2)cc1OC. The highest BCUT2D eigenvalue weighted by molar-refractivity contribution is 6.30. The second-order valence-corrected chi connectivity index (χ2v) is 6.56. The van der Waals surface area contributed by atoms with Crippen molar-refractivity contribution in [2.24, 2.45) is 0 Å². The molecule has 3 rings (SSSR count). The van der Waals surface area contributed by atoms with Gasteiger partial charge in [0.05, 0.1) is 20.6 Å². The molecule has 0 spiro atoms. The lowest BCUT2D eigenvalue weighted by atomic mass is 10.1. The lowest BCUT2D eigenvalue weighted by Gasteiger charge is -2.12. The minimum absolute atomic E-state index is 0.0806. The molecule has 0 radical (unpaired) electrons. The molecular weight excluding hydrogens is 376 g/mol. The second-order valence-electron chi connectivity index (χ2n) is 6.12. The third-order valence-electron chi connectivity index (χ3n) is 4.12. The first-order valence-corrected chi connectivity index (χ1v) is 9.08. The molecule has 0 aliphatic carbocycles. The van der Waals surface area contributed by atoms with Crippen molar-refractivity contribution in [1.82, 2.24) is 0 Å². The van der Waals surface area contributed by atoms with Crippen LogP contribution in [0.15, 0.2) is 66.7 Å². The van der Waals surface area contributed by atoms with Crippen molar-refractivity contribution in [2.75, 3.05) is 24.9 Å². The normalized spacial score (nSPS) is 10.2. The van der Waals surface area contributed by atoms with E-state index in [2.05, 4.69) is 10.6 Å². The molecule has 0 unspecified atom stereocenters. The van der Waals surface area contributed by atoms with Crippen molar-refractivity contribution in [1.29, 1.82) is 0 Å². The number of rotatable bonds is 7. The number of halogens is 1. The van der Waals surface area contributed by atoms with Gasteiger partial charge in [-0.05, 0) is 54.1 Å². The molecule has 0 atom stereocenters. The zero-order chi connectivity index (χ0) is 19.9. The van der Waals surface area contributed by atoms with Gasteiger partial charge in [-0.2, -0.15) is 0 Å². The average molecular weight is 397 g/mol. The highest BCUT2D eigenvalue weighted by Gasteiger charge is 2.06. The Morgan fingerprint density at radius 1 is 0.821 bits per heavy atom. The summed E-state index contributed by atoms with van der Waals surface area (Å²) in [5.74, 6) is 1.24. The van der Waals surface area contributed by atoms with Gasteiger partial charge < -0.3 is 20.1 Å². The van der Waals surface area contributed by atoms with Crippen LogP contribution >= 0.6 is 11.6 Å². The van der Waals surface area contributed by atoms with Crippen LogP contribution in [0.4, 0.5) is 17.1 Å². The van der Waals surface area contributed by atoms with Crippen molar-refractivity contribution < 1.29 is 14.3 Å². The number of carbonyl (C=O) groups excluding carboxylic acids is 1. The maximum Gasteiger partial charge on any atom is 0.228 e. The predicted octanol–water partition coefficient (Wildman–Crippen LogP) is 5.28. The van der Waals surface area contributed by atoms with Gasteiger partial charge in [-0.25, -0.2) is 0 Å². The largest absolute Gasteiger partial charge is 0.493 e. The Bertz CT molecular complexity index is 941. The van der Waals surface area contributed by atoms with Gasteiger partial charge in [-0.1, -0.05) is 23.7 Å². The quantitative estimate of drug-likeness (QED) is 0.570. The van der Waals surface area contributed by atoms with Gasteiger partial charge in [-0.3, -0.25) is 4.79 Å². The molecule has 0 saturated carbocycles. The molecule has 0 saturated heterocycles. The number of hydrogen-bond donors (Lipinski definition) is 2. The Hall–Kier alpha value is -3.18. The predicted molar refractivity (Wildman–Crippen MR) is 113 cm³/mol. The van der Waals surface area contributed by atoms with Crippen molar-refractivity contribution in [2.45, 2.75) is 6.42 Å². The van der Waals surface area contributed by atoms with Gasteiger partial charge in [0.2, 0.25) is 5.91 Å². The third kappa shape index (κ3) is 5.18. The Labute approximate surface area is 169 Å². The Kier molecular flexibility index (Phi) is 6.40. The molecule has 0 aliphatic rings. The topological polar surface area (TPSA) is 59.6 Å². The molecule has 28 heavy (non-hydrogen) atoms. The van der Waals surface area contributed by atoms with Gasteiger partial charge in [0.1, 0.15) is 0 Å². The molecule has 0 aromatic heterocycles. The zero-order valence-corrected chi connectivity index (χ0v) is 16.4. The van der Waals surface area contributed by atoms with E-state index >= 15 is 0 Å². The van der Waals surface area contributed by atoms with E-state index in [1.807, 2.05) is 54.6 Å². The number of methoxy groups -OCH3 is 2. The van der Waals surface area contributed by atoms with Gasteiger partial charge in [0.25, 0.3) is 0 Å². The monoisotopic (exact) mass is 396 g/mol. The van der Waals surface area contributed by atoms with E-state index in [-0.39, 0.29) is 5.91 Å². The summed E-state index contributed by atoms with van der Waals surface area (Å²) >= 11 is 5.86. The van der Waals surface area contributed by atoms with Crippen LogP contribution in [0.1, 0.15) is 5.56 Å². The van der Waals surface area contributed by atoms with Crippen LogP contribution in [0.2, 0.25) is 5.02 Å². The molecule has 0 fully saturated rings. The molecule has 3 aromatic rings. The minimum atomic E-state index is -0.0806. The van der Waals surface area contributed by atoms with Gasteiger partial charge in [0.15, 0.2) is 11.5 Å². The standard InChI is InChI=1S/C22H21ClN2O3/c1-27-20-12-11-19(14-21(20)28-2)24-17-7-9-18(10-8-17)25-22(26)13-15-3-5-16(23)6-4-15/h3-12,14,24H,13H2,1-2H3,(H,25,26). The van der Waals surface area contributed by atoms with E-state index in [0.29, 0.717) is 22.9 Å². The smallest absolute Gasteiger partial charge is 0.228 e. The van der Waals surface area contributed by atoms with Crippen LogP contribution in [-0.2, 0) is 11.2 Å². The molecule has 6 heteroatoms. The fourth-order valence-electron chi connectivity index (χ4n) is 2.71. The molecule has 2 N–H and O–H groups in total. The van der Waals surface area contributed by atoms with Crippen LogP contribution in [0.3, 0.4) is 0 Å². The van der Waals surface area contributed by atoms with Crippen LogP contribution in [0.25, 0.3) is 0 Å². The highest BCUT2D eigenvalue weighted by atomic mass is 35.5. The third-order valence-corrected chi connectivity index (χ3v) is 4.37. The number of hydrogen-bond acceptors (Lipinski definition) is 4. The maximum atomic E-state index is 12.2. The summed E-state index contributed by atoms with van der Waals surface area (Å²) in [6, 6.07) is 20.3. The Morgan fingerprint density at radius 2 is 1.43 bits per heavy atom. The van der Waals surface area contributed by atoms with Crippen LogP contribution in [0, 0.1) is 0 Å². The number of nitrogens with one attached hydrogen (secondary N) is 2. The average Bonchev–Trinajstić information content (AvgIpc) is 2.71. The fraction of sp³-hybridized carbons (Fsp3) is 0.136. The molecule has 3 aromatic carbocycles. The molecule has 0 heterocycles. The number of carbonyl (C=O) groups is 1. The molecular formula is C22H21ClN2O3. The van der Waals surface area contributed by atoms with Crippen LogP contribution in [-0.4, -0.2) is 20.1 Å². The summed E-state index contributed by atoms with van der Waals surface area (Å²) < 4.78 is 10.6. The van der Waals surface area contributed by atoms with Gasteiger partial charge in [0, 0.05) is 28.2 Å². The van der Waals surface area contributed by atoms with E-state index < -0.39 is 0 Å². The summed E-state index contributed by atoms with van der Waals surface area (Å²) in [7, 11) is 3.20. The molecule has 0 bridgehead atoms. The summed E-state index contributed by atoms with van der Waals surface area (Å²) in [5, 5.41) is 6.84. The van der Waals surface area contributed by atoms with E-state index in [0.717, 1.165) is 22.6 Å². The summed E-state index contributed by atoms with van der Waals surface area (Å²) in [6.07, 6.45) is 0.294. The molecule has 0 aliphatic heterocycles. The summed E-state index contributed by atoms with van der Waals surface area (Å²) in [4.78, 5) is 12.2. The first kappa shape index (κ1) is 19.6. The van der Waals surface area contributed by atoms with E-state index in [1.165, 1.54) is 0 Å². The van der Waals surface area contributed by atoms with Crippen molar-refractivity contribution in [3.8, 4) is 11.5 Å². The Balaban J connectivity index is 1.60. The maximum absolute atomic E-state index is 12.2. The number of benzene rings is 3. The lowest BCUT2D eigenvalue weighted by Crippen LogP contribution is -2.14. The second kappa shape index (κ2) is 9.15. The highest BCUT2D eigenvalue weighted by Crippen LogP contribution is 2.31. The fourth-order valence-corrected chi connectivity index (χ4v) is 2.84. The van der Waals surface area contributed by atoms with Gasteiger partial charge in [-0.15, -0.1) is 0 Å². The van der Waals surface area contributed by atoms with Crippen molar-refractivity contribution in [3.63, 3.8) is 0 Å². The lowest BCUT2D eigenvalue weighted by molar-refractivity contribution is -0.115. The summed E-state index contributed by atoms with van der Waals surface area (Å²) in [5.41, 5.74) is 3.41. The molecule has 1 amide bonds.